The van der Waals surface area contributed by atoms with Crippen LogP contribution >= 0.6 is 0 Å². The predicted molar refractivity (Wildman–Crippen MR) is 85.1 cm³/mol. The smallest absolute Gasteiger partial charge is 0.132 e. The molecule has 0 amide bonds. The third kappa shape index (κ3) is 4.13. The summed E-state index contributed by atoms with van der Waals surface area (Å²) in [5.74, 6) is -0.168. The van der Waals surface area contributed by atoms with Crippen LogP contribution in [0.15, 0.2) is 48.5 Å². The predicted octanol–water partition coefficient (Wildman–Crippen LogP) is 3.70. The third-order valence-electron chi connectivity index (χ3n) is 3.71. The summed E-state index contributed by atoms with van der Waals surface area (Å²) >= 11 is 0. The molecule has 21 heavy (non-hydrogen) atoms. The van der Waals surface area contributed by atoms with Crippen LogP contribution in [-0.4, -0.2) is 10.9 Å². The van der Waals surface area contributed by atoms with Crippen LogP contribution in [0.4, 0.5) is 4.39 Å². The lowest BCUT2D eigenvalue weighted by Crippen LogP contribution is -2.30. The summed E-state index contributed by atoms with van der Waals surface area (Å²) in [6.45, 7) is 5.90. The standard InChI is InChI=1S/C18H23FN2/c1-14(2)21(12-15-7-4-3-5-8-15)13-17-10-6-9-16(11-20)18(17)19/h3-10,14H,11-13,20H2,1-2H3. The van der Waals surface area contributed by atoms with Crippen LogP contribution in [0.3, 0.4) is 0 Å². The molecule has 2 N–H and O–H groups in total. The molecule has 3 heteroatoms. The molecule has 2 nitrogen and oxygen atoms in total. The van der Waals surface area contributed by atoms with Crippen LogP contribution < -0.4 is 5.73 Å². The van der Waals surface area contributed by atoms with Crippen molar-refractivity contribution in [2.75, 3.05) is 0 Å². The van der Waals surface area contributed by atoms with E-state index >= 15 is 0 Å². The van der Waals surface area contributed by atoms with Crippen LogP contribution in [0.5, 0.6) is 0 Å². The van der Waals surface area contributed by atoms with Gasteiger partial charge in [-0.3, -0.25) is 4.90 Å². The average Bonchev–Trinajstić information content (AvgIpc) is 2.49. The molecule has 0 unspecified atom stereocenters. The van der Waals surface area contributed by atoms with Gasteiger partial charge < -0.3 is 5.73 Å². The number of halogens is 1. The maximum absolute atomic E-state index is 14.3. The normalized spacial score (nSPS) is 11.3. The van der Waals surface area contributed by atoms with E-state index in [1.807, 2.05) is 30.3 Å². The Morgan fingerprint density at radius 2 is 1.62 bits per heavy atom. The van der Waals surface area contributed by atoms with E-state index < -0.39 is 0 Å². The Morgan fingerprint density at radius 1 is 0.952 bits per heavy atom. The van der Waals surface area contributed by atoms with Gasteiger partial charge in [-0.2, -0.15) is 0 Å². The zero-order chi connectivity index (χ0) is 15.2. The van der Waals surface area contributed by atoms with Crippen molar-refractivity contribution < 1.29 is 4.39 Å². The van der Waals surface area contributed by atoms with E-state index in [1.165, 1.54) is 5.56 Å². The topological polar surface area (TPSA) is 29.3 Å². The molecule has 2 aromatic rings. The number of hydrogen-bond donors (Lipinski definition) is 1. The van der Waals surface area contributed by atoms with Crippen LogP contribution in [0.25, 0.3) is 0 Å². The van der Waals surface area contributed by atoms with Crippen molar-refractivity contribution in [1.82, 2.24) is 4.90 Å². The first-order valence-electron chi connectivity index (χ1n) is 7.36. The van der Waals surface area contributed by atoms with Gasteiger partial charge in [0.25, 0.3) is 0 Å². The zero-order valence-corrected chi connectivity index (χ0v) is 12.7. The number of hydrogen-bond acceptors (Lipinski definition) is 2. The summed E-state index contributed by atoms with van der Waals surface area (Å²) in [4.78, 5) is 2.26. The maximum Gasteiger partial charge on any atom is 0.132 e. The molecule has 0 saturated heterocycles. The molecule has 2 aromatic carbocycles. The first kappa shape index (κ1) is 15.7. The SMILES string of the molecule is CC(C)N(Cc1ccccc1)Cc1cccc(CN)c1F. The molecule has 0 bridgehead atoms. The van der Waals surface area contributed by atoms with Crippen molar-refractivity contribution in [1.29, 1.82) is 0 Å². The van der Waals surface area contributed by atoms with Gasteiger partial charge in [-0.15, -0.1) is 0 Å². The van der Waals surface area contributed by atoms with E-state index in [-0.39, 0.29) is 12.4 Å². The summed E-state index contributed by atoms with van der Waals surface area (Å²) in [7, 11) is 0. The number of nitrogens with zero attached hydrogens (tertiary/aromatic N) is 1. The van der Waals surface area contributed by atoms with Crippen molar-refractivity contribution in [2.45, 2.75) is 39.5 Å². The highest BCUT2D eigenvalue weighted by Crippen LogP contribution is 2.18. The lowest BCUT2D eigenvalue weighted by atomic mass is 10.1. The van der Waals surface area contributed by atoms with Gasteiger partial charge in [0.1, 0.15) is 5.82 Å². The van der Waals surface area contributed by atoms with Gasteiger partial charge in [0.15, 0.2) is 0 Å². The van der Waals surface area contributed by atoms with Gasteiger partial charge in [0, 0.05) is 36.8 Å². The lowest BCUT2D eigenvalue weighted by Gasteiger charge is -2.27. The second kappa shape index (κ2) is 7.34. The Labute approximate surface area is 126 Å². The first-order valence-corrected chi connectivity index (χ1v) is 7.36. The molecule has 0 heterocycles. The quantitative estimate of drug-likeness (QED) is 0.877. The molecule has 0 aliphatic rings. The lowest BCUT2D eigenvalue weighted by molar-refractivity contribution is 0.201. The Kier molecular flexibility index (Phi) is 5.48. The van der Waals surface area contributed by atoms with E-state index in [1.54, 1.807) is 6.07 Å². The van der Waals surface area contributed by atoms with Crippen LogP contribution in [0.1, 0.15) is 30.5 Å². The third-order valence-corrected chi connectivity index (χ3v) is 3.71. The fourth-order valence-corrected chi connectivity index (χ4v) is 2.37. The van der Waals surface area contributed by atoms with Crippen LogP contribution in [0, 0.1) is 5.82 Å². The van der Waals surface area contributed by atoms with Crippen molar-refractivity contribution in [3.8, 4) is 0 Å². The highest BCUT2D eigenvalue weighted by atomic mass is 19.1. The zero-order valence-electron chi connectivity index (χ0n) is 12.7. The number of rotatable bonds is 6. The Morgan fingerprint density at radius 3 is 2.24 bits per heavy atom. The molecule has 0 fully saturated rings. The van der Waals surface area contributed by atoms with Crippen molar-refractivity contribution >= 4 is 0 Å². The Bertz CT molecular complexity index is 567. The second-order valence-corrected chi connectivity index (χ2v) is 5.58. The van der Waals surface area contributed by atoms with Gasteiger partial charge in [-0.25, -0.2) is 4.39 Å². The van der Waals surface area contributed by atoms with Crippen molar-refractivity contribution in [2.24, 2.45) is 5.73 Å². The summed E-state index contributed by atoms with van der Waals surface area (Å²) in [6, 6.07) is 16.1. The number of benzene rings is 2. The Hall–Kier alpha value is -1.71. The summed E-state index contributed by atoms with van der Waals surface area (Å²) in [6.07, 6.45) is 0. The minimum Gasteiger partial charge on any atom is -0.326 e. The van der Waals surface area contributed by atoms with E-state index in [9.17, 15) is 4.39 Å². The molecular formula is C18H23FN2. The van der Waals surface area contributed by atoms with Gasteiger partial charge in [0.05, 0.1) is 0 Å². The van der Waals surface area contributed by atoms with E-state index in [4.69, 9.17) is 5.73 Å². The Balaban J connectivity index is 2.17. The molecule has 0 aromatic heterocycles. The van der Waals surface area contributed by atoms with E-state index in [0.717, 1.165) is 6.54 Å². The van der Waals surface area contributed by atoms with Crippen molar-refractivity contribution in [3.63, 3.8) is 0 Å². The fourth-order valence-electron chi connectivity index (χ4n) is 2.37. The molecular weight excluding hydrogens is 263 g/mol. The van der Waals surface area contributed by atoms with Crippen LogP contribution in [0.2, 0.25) is 0 Å². The minimum absolute atomic E-state index is 0.168. The monoisotopic (exact) mass is 286 g/mol. The molecule has 0 atom stereocenters. The highest BCUT2D eigenvalue weighted by molar-refractivity contribution is 5.26. The van der Waals surface area contributed by atoms with Gasteiger partial charge in [-0.05, 0) is 19.4 Å². The molecule has 2 rings (SSSR count). The van der Waals surface area contributed by atoms with E-state index in [0.29, 0.717) is 23.7 Å². The summed E-state index contributed by atoms with van der Waals surface area (Å²) < 4.78 is 14.3. The maximum atomic E-state index is 14.3. The largest absolute Gasteiger partial charge is 0.326 e. The van der Waals surface area contributed by atoms with Crippen LogP contribution in [-0.2, 0) is 19.6 Å². The first-order chi connectivity index (χ1) is 10.1. The molecule has 0 aliphatic heterocycles. The molecule has 112 valence electrons. The minimum atomic E-state index is -0.168. The molecule has 0 aliphatic carbocycles. The van der Waals surface area contributed by atoms with E-state index in [2.05, 4.69) is 30.9 Å². The molecule has 0 radical (unpaired) electrons. The molecule has 0 saturated carbocycles. The second-order valence-electron chi connectivity index (χ2n) is 5.58. The van der Waals surface area contributed by atoms with Crippen molar-refractivity contribution in [3.05, 3.63) is 71.0 Å². The summed E-state index contributed by atoms with van der Waals surface area (Å²) in [5.41, 5.74) is 8.11. The average molecular weight is 286 g/mol. The number of nitrogens with two attached hydrogens (primary N) is 1. The fraction of sp³-hybridized carbons (Fsp3) is 0.333. The molecule has 0 spiro atoms. The van der Waals surface area contributed by atoms with Gasteiger partial charge >= 0.3 is 0 Å². The van der Waals surface area contributed by atoms with Gasteiger partial charge in [-0.1, -0.05) is 48.5 Å². The summed E-state index contributed by atoms with van der Waals surface area (Å²) in [5, 5.41) is 0. The highest BCUT2D eigenvalue weighted by Gasteiger charge is 2.14. The van der Waals surface area contributed by atoms with Gasteiger partial charge in [0.2, 0.25) is 0 Å².